The molecular weight excluding hydrogens is 216 g/mol. The van der Waals surface area contributed by atoms with E-state index in [4.69, 9.17) is 6.42 Å². The summed E-state index contributed by atoms with van der Waals surface area (Å²) in [5, 5.41) is 6.66. The summed E-state index contributed by atoms with van der Waals surface area (Å²) in [6.07, 6.45) is 8.38. The smallest absolute Gasteiger partial charge is 0.294 e. The number of nitrogens with one attached hydrogen (secondary N) is 1. The van der Waals surface area contributed by atoms with Gasteiger partial charge < -0.3 is 4.90 Å². The highest BCUT2D eigenvalue weighted by Gasteiger charge is 2.28. The predicted molar refractivity (Wildman–Crippen MR) is 63.2 cm³/mol. The monoisotopic (exact) mass is 232 g/mol. The zero-order valence-corrected chi connectivity index (χ0v) is 9.94. The first-order chi connectivity index (χ1) is 8.24. The fraction of sp³-hybridized carbons (Fsp3) is 0.583. The zero-order valence-electron chi connectivity index (χ0n) is 9.94. The van der Waals surface area contributed by atoms with Crippen LogP contribution in [0.5, 0.6) is 0 Å². The lowest BCUT2D eigenvalue weighted by atomic mass is 10.3. The summed E-state index contributed by atoms with van der Waals surface area (Å²) in [5.74, 6) is 3.89. The number of H-pyrrole nitrogens is 1. The number of aryl methyl sites for hydroxylation is 1. The van der Waals surface area contributed by atoms with E-state index in [1.165, 1.54) is 12.8 Å². The van der Waals surface area contributed by atoms with E-state index in [1.807, 2.05) is 6.92 Å². The lowest BCUT2D eigenvalue weighted by molar-refractivity contribution is 0.0758. The van der Waals surface area contributed by atoms with Crippen molar-refractivity contribution in [3.8, 4) is 12.3 Å². The number of amides is 1. The molecule has 1 aromatic heterocycles. The Kier molecular flexibility index (Phi) is 3.43. The molecule has 1 aromatic rings. The average molecular weight is 232 g/mol. The van der Waals surface area contributed by atoms with Gasteiger partial charge in [0.05, 0.1) is 6.54 Å². The van der Waals surface area contributed by atoms with Crippen LogP contribution in [0.2, 0.25) is 0 Å². The Morgan fingerprint density at radius 3 is 2.94 bits per heavy atom. The molecule has 17 heavy (non-hydrogen) atoms. The van der Waals surface area contributed by atoms with Crippen LogP contribution >= 0.6 is 0 Å². The lowest BCUT2D eigenvalue weighted by Crippen LogP contribution is -2.34. The van der Waals surface area contributed by atoms with Crippen molar-refractivity contribution < 1.29 is 4.79 Å². The van der Waals surface area contributed by atoms with Gasteiger partial charge in [-0.25, -0.2) is 4.98 Å². The molecule has 90 valence electrons. The van der Waals surface area contributed by atoms with Crippen molar-refractivity contribution in [2.75, 3.05) is 13.1 Å². The van der Waals surface area contributed by atoms with Gasteiger partial charge in [-0.2, -0.15) is 0 Å². The van der Waals surface area contributed by atoms with E-state index >= 15 is 0 Å². The number of nitrogens with zero attached hydrogens (tertiary/aromatic N) is 3. The number of aromatic nitrogens is 3. The van der Waals surface area contributed by atoms with E-state index in [1.54, 1.807) is 4.90 Å². The molecule has 0 unspecified atom stereocenters. The van der Waals surface area contributed by atoms with Gasteiger partial charge in [0.2, 0.25) is 5.82 Å². The fourth-order valence-corrected chi connectivity index (χ4v) is 1.63. The standard InChI is InChI=1S/C12H16N4O/c1-3-7-16(8-9-5-6-9)12(17)11-13-10(4-2)14-15-11/h1,9H,4-8H2,2H3,(H,13,14,15). The first-order valence-electron chi connectivity index (χ1n) is 5.88. The number of rotatable bonds is 5. The number of aromatic amines is 1. The Morgan fingerprint density at radius 2 is 2.41 bits per heavy atom. The molecule has 1 N–H and O–H groups in total. The van der Waals surface area contributed by atoms with Crippen LogP contribution in [0.1, 0.15) is 36.2 Å². The second-order valence-corrected chi connectivity index (χ2v) is 4.29. The summed E-state index contributed by atoms with van der Waals surface area (Å²) in [6.45, 7) is 3.00. The zero-order chi connectivity index (χ0) is 12.3. The summed E-state index contributed by atoms with van der Waals surface area (Å²) >= 11 is 0. The van der Waals surface area contributed by atoms with Gasteiger partial charge >= 0.3 is 0 Å². The van der Waals surface area contributed by atoms with E-state index in [0.717, 1.165) is 18.8 Å². The molecule has 1 aliphatic carbocycles. The SMILES string of the molecule is C#CCN(CC1CC1)C(=O)c1n[nH]c(CC)n1. The number of hydrogen-bond donors (Lipinski definition) is 1. The van der Waals surface area contributed by atoms with Gasteiger partial charge in [-0.1, -0.05) is 12.8 Å². The van der Waals surface area contributed by atoms with Gasteiger partial charge in [-0.15, -0.1) is 11.5 Å². The molecule has 0 spiro atoms. The summed E-state index contributed by atoms with van der Waals surface area (Å²) < 4.78 is 0. The van der Waals surface area contributed by atoms with Crippen LogP contribution in [-0.4, -0.2) is 39.1 Å². The van der Waals surface area contributed by atoms with Crippen molar-refractivity contribution in [2.45, 2.75) is 26.2 Å². The van der Waals surface area contributed by atoms with Gasteiger partial charge in [0.25, 0.3) is 5.91 Å². The van der Waals surface area contributed by atoms with E-state index in [0.29, 0.717) is 12.5 Å². The maximum absolute atomic E-state index is 12.1. The average Bonchev–Trinajstić information content (AvgIpc) is 3.02. The van der Waals surface area contributed by atoms with Gasteiger partial charge in [0, 0.05) is 13.0 Å². The highest BCUT2D eigenvalue weighted by Crippen LogP contribution is 2.29. The molecule has 2 rings (SSSR count). The lowest BCUT2D eigenvalue weighted by Gasteiger charge is -2.17. The molecule has 1 amide bonds. The molecule has 0 radical (unpaired) electrons. The summed E-state index contributed by atoms with van der Waals surface area (Å²) in [6, 6.07) is 0. The molecule has 5 nitrogen and oxygen atoms in total. The van der Waals surface area contributed by atoms with E-state index < -0.39 is 0 Å². The van der Waals surface area contributed by atoms with Gasteiger partial charge in [0.1, 0.15) is 5.82 Å². The highest BCUT2D eigenvalue weighted by atomic mass is 16.2. The van der Waals surface area contributed by atoms with Gasteiger partial charge in [0.15, 0.2) is 0 Å². The molecule has 0 aromatic carbocycles. The maximum atomic E-state index is 12.1. The minimum atomic E-state index is -0.175. The Hall–Kier alpha value is -1.83. The maximum Gasteiger partial charge on any atom is 0.294 e. The van der Waals surface area contributed by atoms with Crippen LogP contribution in [0.25, 0.3) is 0 Å². The highest BCUT2D eigenvalue weighted by molar-refractivity contribution is 5.90. The van der Waals surface area contributed by atoms with Gasteiger partial charge in [-0.3, -0.25) is 9.89 Å². The molecule has 1 heterocycles. The third-order valence-corrected chi connectivity index (χ3v) is 2.80. The number of terminal acetylenes is 1. The third-order valence-electron chi connectivity index (χ3n) is 2.80. The van der Waals surface area contributed by atoms with Crippen LogP contribution < -0.4 is 0 Å². The second-order valence-electron chi connectivity index (χ2n) is 4.29. The number of carbonyl (C=O) groups is 1. The van der Waals surface area contributed by atoms with Crippen molar-refractivity contribution in [2.24, 2.45) is 5.92 Å². The minimum absolute atomic E-state index is 0.175. The first kappa shape index (κ1) is 11.6. The normalized spacial score (nSPS) is 14.4. The first-order valence-corrected chi connectivity index (χ1v) is 5.88. The summed E-state index contributed by atoms with van der Waals surface area (Å²) in [5.41, 5.74) is 0. The molecule has 0 atom stereocenters. The van der Waals surface area contributed by atoms with Gasteiger partial charge in [-0.05, 0) is 18.8 Å². The predicted octanol–water partition coefficient (Wildman–Crippen LogP) is 0.853. The minimum Gasteiger partial charge on any atom is -0.324 e. The van der Waals surface area contributed by atoms with Crippen LogP contribution in [0.3, 0.4) is 0 Å². The molecule has 1 saturated carbocycles. The summed E-state index contributed by atoms with van der Waals surface area (Å²) in [4.78, 5) is 17.9. The van der Waals surface area contributed by atoms with E-state index in [2.05, 4.69) is 21.1 Å². The molecular formula is C12H16N4O. The molecule has 5 heteroatoms. The summed E-state index contributed by atoms with van der Waals surface area (Å²) in [7, 11) is 0. The van der Waals surface area contributed by atoms with Crippen molar-refractivity contribution >= 4 is 5.91 Å². The molecule has 0 aliphatic heterocycles. The number of hydrogen-bond acceptors (Lipinski definition) is 3. The van der Waals surface area contributed by atoms with Crippen LogP contribution in [0.15, 0.2) is 0 Å². The van der Waals surface area contributed by atoms with Crippen LogP contribution in [-0.2, 0) is 6.42 Å². The molecule has 1 fully saturated rings. The second kappa shape index (κ2) is 5.00. The molecule has 0 bridgehead atoms. The molecule has 0 saturated heterocycles. The topological polar surface area (TPSA) is 61.9 Å². The number of carbonyl (C=O) groups excluding carboxylic acids is 1. The Morgan fingerprint density at radius 1 is 1.65 bits per heavy atom. The van der Waals surface area contributed by atoms with Crippen molar-refractivity contribution in [1.29, 1.82) is 0 Å². The van der Waals surface area contributed by atoms with Crippen molar-refractivity contribution in [1.82, 2.24) is 20.1 Å². The van der Waals surface area contributed by atoms with E-state index in [9.17, 15) is 4.79 Å². The third kappa shape index (κ3) is 2.84. The fourth-order valence-electron chi connectivity index (χ4n) is 1.63. The van der Waals surface area contributed by atoms with Crippen LogP contribution in [0, 0.1) is 18.3 Å². The van der Waals surface area contributed by atoms with E-state index in [-0.39, 0.29) is 11.7 Å². The van der Waals surface area contributed by atoms with Crippen molar-refractivity contribution in [3.05, 3.63) is 11.6 Å². The van der Waals surface area contributed by atoms with Crippen molar-refractivity contribution in [3.63, 3.8) is 0 Å². The largest absolute Gasteiger partial charge is 0.324 e. The quantitative estimate of drug-likeness (QED) is 0.766. The van der Waals surface area contributed by atoms with Crippen LogP contribution in [0.4, 0.5) is 0 Å². The molecule has 1 aliphatic rings. The Labute approximate surface area is 101 Å². The Balaban J connectivity index is 2.06. The Bertz CT molecular complexity index is 442.